The average molecular weight is 237 g/mol. The van der Waals surface area contributed by atoms with Crippen LogP contribution in [-0.4, -0.2) is 26.1 Å². The third-order valence-electron chi connectivity index (χ3n) is 3.84. The summed E-state index contributed by atoms with van der Waals surface area (Å²) >= 11 is 0. The molecular formula is C12H19N3O2. The molecule has 1 aromatic heterocycles. The fourth-order valence-corrected chi connectivity index (χ4v) is 2.84. The highest BCUT2D eigenvalue weighted by Crippen LogP contribution is 2.36. The molecule has 5 nitrogen and oxygen atoms in total. The van der Waals surface area contributed by atoms with E-state index in [2.05, 4.69) is 17.2 Å². The molecule has 1 saturated carbocycles. The van der Waals surface area contributed by atoms with Crippen molar-refractivity contribution in [2.24, 2.45) is 5.92 Å². The van der Waals surface area contributed by atoms with Gasteiger partial charge in [-0.05, 0) is 25.7 Å². The molecule has 0 aliphatic heterocycles. The van der Waals surface area contributed by atoms with E-state index in [1.54, 1.807) is 6.92 Å². The van der Waals surface area contributed by atoms with Crippen molar-refractivity contribution in [2.75, 3.05) is 0 Å². The van der Waals surface area contributed by atoms with Gasteiger partial charge in [0.25, 0.3) is 0 Å². The van der Waals surface area contributed by atoms with Gasteiger partial charge >= 0.3 is 5.97 Å². The first-order valence-corrected chi connectivity index (χ1v) is 6.30. The monoisotopic (exact) mass is 237 g/mol. The highest BCUT2D eigenvalue weighted by molar-refractivity contribution is 5.86. The number of rotatable bonds is 3. The highest BCUT2D eigenvalue weighted by Gasteiger charge is 2.28. The van der Waals surface area contributed by atoms with Crippen LogP contribution in [0.5, 0.6) is 0 Å². The lowest BCUT2D eigenvalue weighted by molar-refractivity contribution is 0.0689. The second-order valence-corrected chi connectivity index (χ2v) is 4.79. The van der Waals surface area contributed by atoms with Gasteiger partial charge in [-0.2, -0.15) is 0 Å². The molecule has 0 radical (unpaired) electrons. The molecule has 0 saturated heterocycles. The summed E-state index contributed by atoms with van der Waals surface area (Å²) in [6.45, 7) is 3.98. The van der Waals surface area contributed by atoms with Gasteiger partial charge in [-0.25, -0.2) is 9.48 Å². The number of hydrogen-bond donors (Lipinski definition) is 1. The molecule has 1 aliphatic rings. The lowest BCUT2D eigenvalue weighted by Crippen LogP contribution is -2.24. The molecule has 1 aromatic rings. The average Bonchev–Trinajstić information content (AvgIpc) is 2.71. The lowest BCUT2D eigenvalue weighted by atomic mass is 9.83. The molecule has 5 heteroatoms. The number of nitrogens with zero attached hydrogens (tertiary/aromatic N) is 3. The van der Waals surface area contributed by atoms with Crippen LogP contribution in [0.15, 0.2) is 0 Å². The van der Waals surface area contributed by atoms with E-state index in [0.717, 1.165) is 12.8 Å². The van der Waals surface area contributed by atoms with E-state index >= 15 is 0 Å². The minimum atomic E-state index is -0.988. The van der Waals surface area contributed by atoms with E-state index in [1.807, 2.05) is 4.68 Å². The summed E-state index contributed by atoms with van der Waals surface area (Å²) in [6, 6.07) is 0.328. The topological polar surface area (TPSA) is 68.0 Å². The predicted molar refractivity (Wildman–Crippen MR) is 63.0 cm³/mol. The molecule has 0 bridgehead atoms. The van der Waals surface area contributed by atoms with Crippen LogP contribution in [0, 0.1) is 12.8 Å². The molecule has 94 valence electrons. The van der Waals surface area contributed by atoms with E-state index in [4.69, 9.17) is 5.11 Å². The molecule has 2 rings (SSSR count). The summed E-state index contributed by atoms with van der Waals surface area (Å²) in [4.78, 5) is 11.0. The Morgan fingerprint density at radius 1 is 1.47 bits per heavy atom. The van der Waals surface area contributed by atoms with Crippen LogP contribution in [0.3, 0.4) is 0 Å². The van der Waals surface area contributed by atoms with E-state index in [0.29, 0.717) is 17.7 Å². The minimum Gasteiger partial charge on any atom is -0.476 e. The van der Waals surface area contributed by atoms with E-state index < -0.39 is 5.97 Å². The lowest BCUT2D eigenvalue weighted by Gasteiger charge is -2.31. The van der Waals surface area contributed by atoms with Crippen LogP contribution in [0.4, 0.5) is 0 Å². The maximum atomic E-state index is 11.0. The van der Waals surface area contributed by atoms with Crippen molar-refractivity contribution in [3.05, 3.63) is 11.4 Å². The first-order chi connectivity index (χ1) is 8.15. The van der Waals surface area contributed by atoms with Gasteiger partial charge in [0.15, 0.2) is 5.69 Å². The summed E-state index contributed by atoms with van der Waals surface area (Å²) in [5, 5.41) is 16.8. The van der Waals surface area contributed by atoms with E-state index in [-0.39, 0.29) is 5.69 Å². The van der Waals surface area contributed by atoms with Gasteiger partial charge in [-0.15, -0.1) is 5.10 Å². The Morgan fingerprint density at radius 2 is 2.18 bits per heavy atom. The van der Waals surface area contributed by atoms with Crippen LogP contribution >= 0.6 is 0 Å². The van der Waals surface area contributed by atoms with Gasteiger partial charge in [0, 0.05) is 0 Å². The van der Waals surface area contributed by atoms with Gasteiger partial charge in [-0.1, -0.05) is 31.4 Å². The summed E-state index contributed by atoms with van der Waals surface area (Å²) in [5.74, 6) is -0.386. The maximum Gasteiger partial charge on any atom is 0.358 e. The molecule has 17 heavy (non-hydrogen) atoms. The van der Waals surface area contributed by atoms with Gasteiger partial charge in [-0.3, -0.25) is 0 Å². The Hall–Kier alpha value is -1.39. The molecule has 0 spiro atoms. The third kappa shape index (κ3) is 2.18. The predicted octanol–water partition coefficient (Wildman–Crippen LogP) is 2.43. The van der Waals surface area contributed by atoms with Gasteiger partial charge in [0.05, 0.1) is 11.7 Å². The third-order valence-corrected chi connectivity index (χ3v) is 3.84. The minimum absolute atomic E-state index is 0.0884. The molecule has 1 heterocycles. The summed E-state index contributed by atoms with van der Waals surface area (Å²) in [5.41, 5.74) is 0.772. The summed E-state index contributed by atoms with van der Waals surface area (Å²) in [6.07, 6.45) is 5.88. The number of carbonyl (C=O) groups is 1. The normalized spacial score (nSPS) is 24.8. The Bertz CT molecular complexity index is 414. The summed E-state index contributed by atoms with van der Waals surface area (Å²) < 4.78 is 1.83. The SMILES string of the molecule is CCC1CCCCC1n1nnc(C(=O)O)c1C. The van der Waals surface area contributed by atoms with Crippen molar-refractivity contribution in [2.45, 2.75) is 52.0 Å². The summed E-state index contributed by atoms with van der Waals surface area (Å²) in [7, 11) is 0. The first-order valence-electron chi connectivity index (χ1n) is 6.30. The van der Waals surface area contributed by atoms with Crippen molar-refractivity contribution < 1.29 is 9.90 Å². The van der Waals surface area contributed by atoms with Crippen LogP contribution < -0.4 is 0 Å². The Kier molecular flexibility index (Phi) is 3.45. The quantitative estimate of drug-likeness (QED) is 0.876. The van der Waals surface area contributed by atoms with Crippen molar-refractivity contribution in [1.29, 1.82) is 0 Å². The molecule has 1 N–H and O–H groups in total. The number of hydrogen-bond acceptors (Lipinski definition) is 3. The maximum absolute atomic E-state index is 11.0. The number of carboxylic acids is 1. The Balaban J connectivity index is 2.29. The molecular weight excluding hydrogens is 218 g/mol. The second-order valence-electron chi connectivity index (χ2n) is 4.79. The van der Waals surface area contributed by atoms with Crippen LogP contribution in [-0.2, 0) is 0 Å². The standard InChI is InChI=1S/C12H19N3O2/c1-3-9-6-4-5-7-10(9)15-8(2)11(12(16)17)13-14-15/h9-10H,3-7H2,1-2H3,(H,16,17). The highest BCUT2D eigenvalue weighted by atomic mass is 16.4. The van der Waals surface area contributed by atoms with E-state index in [1.165, 1.54) is 19.3 Å². The second kappa shape index (κ2) is 4.85. The number of aromatic carboxylic acids is 1. The van der Waals surface area contributed by atoms with Crippen molar-refractivity contribution >= 4 is 5.97 Å². The molecule has 2 atom stereocenters. The smallest absolute Gasteiger partial charge is 0.358 e. The zero-order valence-electron chi connectivity index (χ0n) is 10.4. The van der Waals surface area contributed by atoms with E-state index in [9.17, 15) is 4.79 Å². The number of carboxylic acid groups (broad SMARTS) is 1. The van der Waals surface area contributed by atoms with Crippen LogP contribution in [0.25, 0.3) is 0 Å². The zero-order valence-corrected chi connectivity index (χ0v) is 10.4. The molecule has 0 amide bonds. The van der Waals surface area contributed by atoms with Gasteiger partial charge < -0.3 is 5.11 Å². The zero-order chi connectivity index (χ0) is 12.4. The Morgan fingerprint density at radius 3 is 2.76 bits per heavy atom. The van der Waals surface area contributed by atoms with Gasteiger partial charge in [0.1, 0.15) is 0 Å². The van der Waals surface area contributed by atoms with Crippen LogP contribution in [0.2, 0.25) is 0 Å². The fourth-order valence-electron chi connectivity index (χ4n) is 2.84. The van der Waals surface area contributed by atoms with Crippen molar-refractivity contribution in [3.8, 4) is 0 Å². The van der Waals surface area contributed by atoms with Crippen molar-refractivity contribution in [1.82, 2.24) is 15.0 Å². The first kappa shape index (κ1) is 12.1. The molecule has 2 unspecified atom stereocenters. The molecule has 0 aromatic carbocycles. The van der Waals surface area contributed by atoms with Gasteiger partial charge in [0.2, 0.25) is 0 Å². The Labute approximate surface area is 101 Å². The largest absolute Gasteiger partial charge is 0.476 e. The number of aromatic nitrogens is 3. The molecule has 1 aliphatic carbocycles. The van der Waals surface area contributed by atoms with Crippen molar-refractivity contribution in [3.63, 3.8) is 0 Å². The molecule has 1 fully saturated rings. The fraction of sp³-hybridized carbons (Fsp3) is 0.750. The van der Waals surface area contributed by atoms with Crippen LogP contribution in [0.1, 0.15) is 61.3 Å².